The van der Waals surface area contributed by atoms with E-state index in [0.717, 1.165) is 49.7 Å². The summed E-state index contributed by atoms with van der Waals surface area (Å²) in [7, 11) is 0. The van der Waals surface area contributed by atoms with Crippen molar-refractivity contribution in [1.82, 2.24) is 10.6 Å². The number of nitrogens with one attached hydrogen (secondary N) is 2. The lowest BCUT2D eigenvalue weighted by atomic mass is 9.73. The molecule has 8 heteroatoms. The average molecular weight is 529 g/mol. The summed E-state index contributed by atoms with van der Waals surface area (Å²) in [6, 6.07) is 1.49. The molecule has 0 bridgehead atoms. The van der Waals surface area contributed by atoms with E-state index >= 15 is 0 Å². The maximum Gasteiger partial charge on any atom is 0.413 e. The standard InChI is InChI=1S/C30H44N2O6/c1-7-9-10-12-21-16-25(33)27(23-15-19(5)13-14-22(23)18(3)4)26(17-21)38-30(37)31-20(6)28(34)32-24(11-8-2)29(35)36/h15-17,20,22-24,33H,3,7-14H2,1-2,4-6H3,(H,31,37)(H,32,34)(H,35,36)/t20-,22-,23+,24-/m0/s1. The number of phenols is 1. The number of aromatic hydroxyl groups is 1. The van der Waals surface area contributed by atoms with E-state index in [1.165, 1.54) is 12.5 Å². The van der Waals surface area contributed by atoms with E-state index in [9.17, 15) is 24.6 Å². The summed E-state index contributed by atoms with van der Waals surface area (Å²) in [5.41, 5.74) is 3.57. The second kappa shape index (κ2) is 14.6. The monoisotopic (exact) mass is 528 g/mol. The van der Waals surface area contributed by atoms with Gasteiger partial charge in [0.15, 0.2) is 0 Å². The molecule has 1 aromatic rings. The molecule has 0 saturated heterocycles. The van der Waals surface area contributed by atoms with Crippen molar-refractivity contribution in [2.75, 3.05) is 0 Å². The minimum Gasteiger partial charge on any atom is -0.507 e. The number of ether oxygens (including phenoxy) is 1. The van der Waals surface area contributed by atoms with Crippen LogP contribution in [0, 0.1) is 5.92 Å². The quantitative estimate of drug-likeness (QED) is 0.184. The van der Waals surface area contributed by atoms with Gasteiger partial charge in [0, 0.05) is 11.5 Å². The van der Waals surface area contributed by atoms with E-state index < -0.39 is 30.1 Å². The van der Waals surface area contributed by atoms with Crippen LogP contribution < -0.4 is 15.4 Å². The second-order valence-corrected chi connectivity index (χ2v) is 10.5. The number of benzene rings is 1. The van der Waals surface area contributed by atoms with E-state index in [1.54, 1.807) is 12.1 Å². The number of carboxylic acid groups (broad SMARTS) is 1. The first kappa shape index (κ1) is 30.9. The highest BCUT2D eigenvalue weighted by Gasteiger charge is 2.32. The predicted molar refractivity (Wildman–Crippen MR) is 148 cm³/mol. The topological polar surface area (TPSA) is 125 Å². The molecule has 4 N–H and O–H groups in total. The van der Waals surface area contributed by atoms with Gasteiger partial charge in [-0.1, -0.05) is 56.9 Å². The summed E-state index contributed by atoms with van der Waals surface area (Å²) < 4.78 is 5.75. The van der Waals surface area contributed by atoms with Gasteiger partial charge < -0.3 is 25.6 Å². The molecule has 0 aromatic heterocycles. The summed E-state index contributed by atoms with van der Waals surface area (Å²) in [6.07, 6.45) is 7.71. The predicted octanol–water partition coefficient (Wildman–Crippen LogP) is 5.99. The second-order valence-electron chi connectivity index (χ2n) is 10.5. The summed E-state index contributed by atoms with van der Waals surface area (Å²) in [6.45, 7) is 13.6. The van der Waals surface area contributed by atoms with Gasteiger partial charge in [0.05, 0.1) is 0 Å². The minimum absolute atomic E-state index is 0.0682. The van der Waals surface area contributed by atoms with Gasteiger partial charge in [0.2, 0.25) is 5.91 Å². The van der Waals surface area contributed by atoms with E-state index in [-0.39, 0.29) is 29.8 Å². The lowest BCUT2D eigenvalue weighted by Crippen LogP contribution is -2.50. The molecule has 38 heavy (non-hydrogen) atoms. The number of carbonyl (C=O) groups is 3. The van der Waals surface area contributed by atoms with Gasteiger partial charge in [-0.3, -0.25) is 4.79 Å². The van der Waals surface area contributed by atoms with E-state index in [2.05, 4.69) is 30.2 Å². The van der Waals surface area contributed by atoms with Crippen LogP contribution in [0.1, 0.15) is 96.6 Å². The van der Waals surface area contributed by atoms with Crippen LogP contribution in [0.15, 0.2) is 35.9 Å². The van der Waals surface area contributed by atoms with Gasteiger partial charge in [0.25, 0.3) is 0 Å². The van der Waals surface area contributed by atoms with Crippen molar-refractivity contribution in [3.63, 3.8) is 0 Å². The first-order chi connectivity index (χ1) is 18.0. The van der Waals surface area contributed by atoms with Crippen LogP contribution in [-0.4, -0.2) is 40.3 Å². The Kier molecular flexibility index (Phi) is 11.9. The lowest BCUT2D eigenvalue weighted by Gasteiger charge is -2.32. The molecule has 4 atom stereocenters. The number of aryl methyl sites for hydroxylation is 1. The normalized spacial score (nSPS) is 18.6. The zero-order chi connectivity index (χ0) is 28.4. The van der Waals surface area contributed by atoms with Gasteiger partial charge in [0.1, 0.15) is 23.6 Å². The maximum atomic E-state index is 12.9. The van der Waals surface area contributed by atoms with Crippen LogP contribution in [0.25, 0.3) is 0 Å². The molecule has 1 aromatic carbocycles. The van der Waals surface area contributed by atoms with Crippen molar-refractivity contribution in [1.29, 1.82) is 0 Å². The molecule has 2 rings (SSSR count). The first-order valence-electron chi connectivity index (χ1n) is 13.7. The molecule has 1 aliphatic carbocycles. The number of carbonyl (C=O) groups excluding carboxylic acids is 2. The molecule has 0 fully saturated rings. The number of allylic oxidation sites excluding steroid dienone is 3. The van der Waals surface area contributed by atoms with Crippen molar-refractivity contribution in [3.05, 3.63) is 47.1 Å². The van der Waals surface area contributed by atoms with E-state index in [1.807, 2.05) is 20.8 Å². The minimum atomic E-state index is -1.13. The number of hydrogen-bond acceptors (Lipinski definition) is 5. The molecule has 210 valence electrons. The Bertz CT molecular complexity index is 1050. The molecule has 1 aliphatic rings. The summed E-state index contributed by atoms with van der Waals surface area (Å²) in [5, 5.41) is 25.4. The molecule has 0 aliphatic heterocycles. The van der Waals surface area contributed by atoms with Gasteiger partial charge >= 0.3 is 12.1 Å². The smallest absolute Gasteiger partial charge is 0.413 e. The Hall–Kier alpha value is -3.29. The number of hydrogen-bond donors (Lipinski definition) is 4. The molecule has 8 nitrogen and oxygen atoms in total. The molecule has 2 amide bonds. The van der Waals surface area contributed by atoms with Gasteiger partial charge in [-0.05, 0) is 76.5 Å². The third-order valence-electron chi connectivity index (χ3n) is 7.08. The Balaban J connectivity index is 2.33. The number of unbranched alkanes of at least 4 members (excludes halogenated alkanes) is 2. The molecule has 0 saturated carbocycles. The van der Waals surface area contributed by atoms with Crippen molar-refractivity contribution in [3.8, 4) is 11.5 Å². The summed E-state index contributed by atoms with van der Waals surface area (Å²) in [5.74, 6) is -1.56. The summed E-state index contributed by atoms with van der Waals surface area (Å²) >= 11 is 0. The first-order valence-corrected chi connectivity index (χ1v) is 13.7. The van der Waals surface area contributed by atoms with E-state index in [0.29, 0.717) is 12.0 Å². The van der Waals surface area contributed by atoms with Crippen molar-refractivity contribution in [2.24, 2.45) is 5.92 Å². The summed E-state index contributed by atoms with van der Waals surface area (Å²) in [4.78, 5) is 36.9. The van der Waals surface area contributed by atoms with Crippen molar-refractivity contribution >= 4 is 18.0 Å². The molecule has 0 unspecified atom stereocenters. The number of amides is 2. The fourth-order valence-corrected chi connectivity index (χ4v) is 4.93. The van der Waals surface area contributed by atoms with Crippen molar-refractivity contribution in [2.45, 2.75) is 104 Å². The number of carboxylic acids is 1. The molecular formula is C30H44N2O6. The third kappa shape index (κ3) is 8.64. The van der Waals surface area contributed by atoms with Crippen LogP contribution in [0.5, 0.6) is 11.5 Å². The fourth-order valence-electron chi connectivity index (χ4n) is 4.93. The lowest BCUT2D eigenvalue weighted by molar-refractivity contribution is -0.142. The highest BCUT2D eigenvalue weighted by Crippen LogP contribution is 2.47. The van der Waals surface area contributed by atoms with Crippen molar-refractivity contribution < 1.29 is 29.3 Å². The van der Waals surface area contributed by atoms with Crippen LogP contribution in [-0.2, 0) is 16.0 Å². The average Bonchev–Trinajstić information content (AvgIpc) is 2.83. The Morgan fingerprint density at radius 1 is 1.16 bits per heavy atom. The number of phenolic OH excluding ortho intramolecular Hbond substituents is 1. The van der Waals surface area contributed by atoms with Crippen LogP contribution in [0.2, 0.25) is 0 Å². The van der Waals surface area contributed by atoms with Gasteiger partial charge in [-0.25, -0.2) is 9.59 Å². The highest BCUT2D eigenvalue weighted by atomic mass is 16.6. The SMILES string of the molecule is C=C(C)[C@@H]1CCC(C)=C[C@H]1c1c(O)cc(CCCCC)cc1OC(=O)N[C@@H](C)C(=O)N[C@@H](CCC)C(=O)O. The zero-order valence-electron chi connectivity index (χ0n) is 23.4. The highest BCUT2D eigenvalue weighted by molar-refractivity contribution is 5.89. The maximum absolute atomic E-state index is 12.9. The Morgan fingerprint density at radius 3 is 2.47 bits per heavy atom. The number of aliphatic carboxylic acids is 1. The molecule has 0 heterocycles. The molecule has 0 spiro atoms. The largest absolute Gasteiger partial charge is 0.507 e. The van der Waals surface area contributed by atoms with Crippen LogP contribution >= 0.6 is 0 Å². The zero-order valence-corrected chi connectivity index (χ0v) is 23.4. The van der Waals surface area contributed by atoms with E-state index in [4.69, 9.17) is 4.74 Å². The van der Waals surface area contributed by atoms with Gasteiger partial charge in [-0.2, -0.15) is 0 Å². The third-order valence-corrected chi connectivity index (χ3v) is 7.08. The van der Waals surface area contributed by atoms with Crippen LogP contribution in [0.3, 0.4) is 0 Å². The molecular weight excluding hydrogens is 484 g/mol. The Labute approximate surface area is 226 Å². The van der Waals surface area contributed by atoms with Gasteiger partial charge in [-0.15, -0.1) is 0 Å². The fraction of sp³-hybridized carbons (Fsp3) is 0.567. The number of rotatable bonds is 13. The Morgan fingerprint density at radius 2 is 1.87 bits per heavy atom. The van der Waals surface area contributed by atoms with Crippen LogP contribution in [0.4, 0.5) is 4.79 Å². The molecule has 0 radical (unpaired) electrons.